The number of oxazole rings is 1. The van der Waals surface area contributed by atoms with Gasteiger partial charge in [0.2, 0.25) is 11.8 Å². The minimum Gasteiger partial charge on any atom is -0.444 e. The normalized spacial score (nSPS) is 18.0. The Morgan fingerprint density at radius 3 is 3.00 bits per heavy atom. The molecule has 0 aromatic carbocycles. The average molecular weight is 369 g/mol. The summed E-state index contributed by atoms with van der Waals surface area (Å²) in [5.41, 5.74) is 1.91. The van der Waals surface area contributed by atoms with E-state index >= 15 is 0 Å². The summed E-state index contributed by atoms with van der Waals surface area (Å²) < 4.78 is 7.69. The van der Waals surface area contributed by atoms with Crippen LogP contribution in [0.5, 0.6) is 0 Å². The molecule has 6 heteroatoms. The number of thiophene rings is 1. The third-order valence-corrected chi connectivity index (χ3v) is 5.87. The van der Waals surface area contributed by atoms with Gasteiger partial charge >= 0.3 is 0 Å². The Bertz CT molecular complexity index is 865. The lowest BCUT2D eigenvalue weighted by molar-refractivity contribution is -0.133. The van der Waals surface area contributed by atoms with Crippen LogP contribution in [0.15, 0.2) is 46.5 Å². The number of rotatable bonds is 4. The van der Waals surface area contributed by atoms with Crippen LogP contribution in [0.25, 0.3) is 10.8 Å². The van der Waals surface area contributed by atoms with E-state index in [9.17, 15) is 4.79 Å². The van der Waals surface area contributed by atoms with Crippen LogP contribution in [0.2, 0.25) is 0 Å². The molecule has 3 aromatic rings. The molecule has 4 heterocycles. The fourth-order valence-corrected chi connectivity index (χ4v) is 4.35. The molecule has 4 rings (SSSR count). The van der Waals surface area contributed by atoms with E-state index in [0.717, 1.165) is 30.7 Å². The van der Waals surface area contributed by atoms with E-state index in [1.807, 2.05) is 41.7 Å². The molecule has 1 unspecified atom stereocenters. The lowest BCUT2D eigenvalue weighted by Crippen LogP contribution is -2.36. The molecular weight excluding hydrogens is 346 g/mol. The number of carbonyl (C=O) groups excluding carboxylic acids is 1. The molecule has 1 saturated heterocycles. The number of hydrogen-bond donors (Lipinski definition) is 0. The summed E-state index contributed by atoms with van der Waals surface area (Å²) in [4.78, 5) is 20.6. The predicted molar refractivity (Wildman–Crippen MR) is 102 cm³/mol. The van der Waals surface area contributed by atoms with E-state index in [2.05, 4.69) is 15.6 Å². The first-order chi connectivity index (χ1) is 12.7. The maximum atomic E-state index is 13.1. The summed E-state index contributed by atoms with van der Waals surface area (Å²) in [5.74, 6) is 0.724. The standard InChI is InChI=1S/C20H23N3O2S/c1-22-10-5-8-16(22)17-7-3-2-4-11-23(17)19(24)13-15-14-25-20(21-15)18-9-6-12-26-18/h5-6,8-10,12,14,17H,2-4,7,11,13H2,1H3. The van der Waals surface area contributed by atoms with Crippen molar-refractivity contribution >= 4 is 17.2 Å². The van der Waals surface area contributed by atoms with Crippen LogP contribution in [0.1, 0.15) is 43.1 Å². The maximum absolute atomic E-state index is 13.1. The van der Waals surface area contributed by atoms with Gasteiger partial charge in [0.25, 0.3) is 0 Å². The summed E-state index contributed by atoms with van der Waals surface area (Å²) >= 11 is 1.58. The summed E-state index contributed by atoms with van der Waals surface area (Å²) in [6, 6.07) is 8.27. The number of likely N-dealkylation sites (tertiary alicyclic amines) is 1. The maximum Gasteiger partial charge on any atom is 0.236 e. The first-order valence-electron chi connectivity index (χ1n) is 9.11. The highest BCUT2D eigenvalue weighted by Gasteiger charge is 2.28. The topological polar surface area (TPSA) is 51.3 Å². The summed E-state index contributed by atoms with van der Waals surface area (Å²) in [5, 5.41) is 1.99. The van der Waals surface area contributed by atoms with Crippen molar-refractivity contribution in [1.82, 2.24) is 14.5 Å². The van der Waals surface area contributed by atoms with Crippen molar-refractivity contribution in [2.24, 2.45) is 7.05 Å². The van der Waals surface area contributed by atoms with Crippen LogP contribution in [0, 0.1) is 0 Å². The minimum atomic E-state index is 0.129. The molecule has 3 aromatic heterocycles. The van der Waals surface area contributed by atoms with Gasteiger partial charge in [-0.25, -0.2) is 4.98 Å². The van der Waals surface area contributed by atoms with Crippen molar-refractivity contribution in [3.8, 4) is 10.8 Å². The van der Waals surface area contributed by atoms with Crippen LogP contribution in [-0.4, -0.2) is 26.9 Å². The quantitative estimate of drug-likeness (QED) is 0.684. The molecular formula is C20H23N3O2S. The van der Waals surface area contributed by atoms with Crippen molar-refractivity contribution in [3.63, 3.8) is 0 Å². The van der Waals surface area contributed by atoms with E-state index in [0.29, 0.717) is 11.6 Å². The molecule has 5 nitrogen and oxygen atoms in total. The summed E-state index contributed by atoms with van der Waals surface area (Å²) in [6.45, 7) is 0.810. The van der Waals surface area contributed by atoms with Gasteiger partial charge in [-0.1, -0.05) is 18.9 Å². The molecule has 1 amide bonds. The van der Waals surface area contributed by atoms with Gasteiger partial charge in [-0.3, -0.25) is 4.79 Å². The Labute approximate surface area is 157 Å². The van der Waals surface area contributed by atoms with Gasteiger partial charge in [0.15, 0.2) is 0 Å². The fraction of sp³-hybridized carbons (Fsp3) is 0.400. The third-order valence-electron chi connectivity index (χ3n) is 5.01. The molecule has 0 bridgehead atoms. The molecule has 1 atom stereocenters. The minimum absolute atomic E-state index is 0.129. The van der Waals surface area contributed by atoms with Gasteiger partial charge in [-0.2, -0.15) is 0 Å². The first-order valence-corrected chi connectivity index (χ1v) is 9.99. The van der Waals surface area contributed by atoms with E-state index in [4.69, 9.17) is 4.42 Å². The first kappa shape index (κ1) is 17.1. The highest BCUT2D eigenvalue weighted by Crippen LogP contribution is 2.31. The van der Waals surface area contributed by atoms with Crippen molar-refractivity contribution in [2.75, 3.05) is 6.54 Å². The molecule has 136 valence electrons. The fourth-order valence-electron chi connectivity index (χ4n) is 3.69. The molecule has 0 aliphatic carbocycles. The van der Waals surface area contributed by atoms with Crippen molar-refractivity contribution in [1.29, 1.82) is 0 Å². The highest BCUT2D eigenvalue weighted by atomic mass is 32.1. The van der Waals surface area contributed by atoms with E-state index in [1.165, 1.54) is 12.1 Å². The molecule has 1 aliphatic rings. The predicted octanol–water partition coefficient (Wildman–Crippen LogP) is 4.43. The Kier molecular flexibility index (Phi) is 4.93. The van der Waals surface area contributed by atoms with Crippen molar-refractivity contribution in [2.45, 2.75) is 38.1 Å². The molecule has 1 aliphatic heterocycles. The second kappa shape index (κ2) is 7.50. The number of nitrogens with zero attached hydrogens (tertiary/aromatic N) is 3. The summed E-state index contributed by atoms with van der Waals surface area (Å²) in [6.07, 6.45) is 8.37. The lowest BCUT2D eigenvalue weighted by Gasteiger charge is -2.30. The number of hydrogen-bond acceptors (Lipinski definition) is 4. The van der Waals surface area contributed by atoms with Crippen molar-refractivity contribution < 1.29 is 9.21 Å². The Morgan fingerprint density at radius 1 is 1.31 bits per heavy atom. The van der Waals surface area contributed by atoms with Gasteiger partial charge in [0.05, 0.1) is 23.0 Å². The smallest absolute Gasteiger partial charge is 0.236 e. The number of amides is 1. The molecule has 0 saturated carbocycles. The van der Waals surface area contributed by atoms with Crippen LogP contribution >= 0.6 is 11.3 Å². The zero-order valence-electron chi connectivity index (χ0n) is 14.9. The number of aryl methyl sites for hydroxylation is 1. The van der Waals surface area contributed by atoms with Crippen LogP contribution < -0.4 is 0 Å². The Balaban J connectivity index is 1.52. The van der Waals surface area contributed by atoms with Crippen LogP contribution in [0.3, 0.4) is 0 Å². The van der Waals surface area contributed by atoms with Crippen LogP contribution in [-0.2, 0) is 18.3 Å². The van der Waals surface area contributed by atoms with Crippen LogP contribution in [0.4, 0.5) is 0 Å². The average Bonchev–Trinajstić information content (AvgIpc) is 3.35. The van der Waals surface area contributed by atoms with E-state index in [-0.39, 0.29) is 18.4 Å². The molecule has 1 fully saturated rings. The molecule has 0 spiro atoms. The third kappa shape index (κ3) is 3.46. The largest absolute Gasteiger partial charge is 0.444 e. The van der Waals surface area contributed by atoms with Gasteiger partial charge in [-0.05, 0) is 36.4 Å². The number of carbonyl (C=O) groups is 1. The number of aromatic nitrogens is 2. The van der Waals surface area contributed by atoms with Gasteiger partial charge < -0.3 is 13.9 Å². The van der Waals surface area contributed by atoms with Gasteiger partial charge in [0.1, 0.15) is 6.26 Å². The van der Waals surface area contributed by atoms with Crippen molar-refractivity contribution in [3.05, 3.63) is 53.5 Å². The highest BCUT2D eigenvalue weighted by molar-refractivity contribution is 7.13. The molecule has 0 radical (unpaired) electrons. The van der Waals surface area contributed by atoms with Gasteiger partial charge in [0, 0.05) is 25.5 Å². The monoisotopic (exact) mass is 369 g/mol. The van der Waals surface area contributed by atoms with E-state index in [1.54, 1.807) is 17.6 Å². The van der Waals surface area contributed by atoms with Gasteiger partial charge in [-0.15, -0.1) is 11.3 Å². The summed E-state index contributed by atoms with van der Waals surface area (Å²) in [7, 11) is 2.05. The Hall–Kier alpha value is -2.34. The molecule has 0 N–H and O–H groups in total. The lowest BCUT2D eigenvalue weighted by atomic mass is 10.1. The zero-order chi connectivity index (χ0) is 17.9. The zero-order valence-corrected chi connectivity index (χ0v) is 15.7. The second-order valence-electron chi connectivity index (χ2n) is 6.79. The van der Waals surface area contributed by atoms with E-state index < -0.39 is 0 Å². The Morgan fingerprint density at radius 2 is 2.23 bits per heavy atom. The second-order valence-corrected chi connectivity index (χ2v) is 7.74. The SMILES string of the molecule is Cn1cccc1C1CCCCCN1C(=O)Cc1coc(-c2cccs2)n1. The molecule has 26 heavy (non-hydrogen) atoms.